The first-order chi connectivity index (χ1) is 9.29. The number of anilines is 1. The van der Waals surface area contributed by atoms with Crippen LogP contribution in [0.1, 0.15) is 36.2 Å². The van der Waals surface area contributed by atoms with Crippen molar-refractivity contribution in [2.45, 2.75) is 33.2 Å². The second-order valence-corrected chi connectivity index (χ2v) is 6.14. The van der Waals surface area contributed by atoms with E-state index in [9.17, 15) is 4.79 Å². The standard InChI is InChI=1S/C16H27N3O/c1-11(2)8-14(10-19(4)5)18-16(20)15-9-13(17)7-6-12(15)3/h6-7,9,11,14H,8,10,17H2,1-5H3,(H,18,20). The number of nitrogen functional groups attached to an aromatic ring is 1. The molecule has 0 saturated heterocycles. The zero-order valence-corrected chi connectivity index (χ0v) is 13.2. The zero-order valence-electron chi connectivity index (χ0n) is 13.2. The van der Waals surface area contributed by atoms with Gasteiger partial charge in [0.2, 0.25) is 0 Å². The fourth-order valence-electron chi connectivity index (χ4n) is 2.34. The van der Waals surface area contributed by atoms with Crippen LogP contribution in [0.3, 0.4) is 0 Å². The predicted molar refractivity (Wildman–Crippen MR) is 84.9 cm³/mol. The summed E-state index contributed by atoms with van der Waals surface area (Å²) in [6.07, 6.45) is 0.964. The molecule has 0 aliphatic rings. The molecule has 112 valence electrons. The molecule has 1 rings (SSSR count). The molecule has 0 bridgehead atoms. The van der Waals surface area contributed by atoms with Crippen LogP contribution >= 0.6 is 0 Å². The van der Waals surface area contributed by atoms with Crippen molar-refractivity contribution in [3.63, 3.8) is 0 Å². The SMILES string of the molecule is Cc1ccc(N)cc1C(=O)NC(CC(C)C)CN(C)C. The quantitative estimate of drug-likeness (QED) is 0.784. The van der Waals surface area contributed by atoms with Crippen molar-refractivity contribution in [3.05, 3.63) is 29.3 Å². The summed E-state index contributed by atoms with van der Waals surface area (Å²) in [5.41, 5.74) is 8.00. The maximum atomic E-state index is 12.4. The fourth-order valence-corrected chi connectivity index (χ4v) is 2.34. The highest BCUT2D eigenvalue weighted by Gasteiger charge is 2.17. The number of benzene rings is 1. The summed E-state index contributed by atoms with van der Waals surface area (Å²) in [6.45, 7) is 7.10. The van der Waals surface area contributed by atoms with Gasteiger partial charge in [0.05, 0.1) is 0 Å². The van der Waals surface area contributed by atoms with Crippen LogP contribution in [0.5, 0.6) is 0 Å². The molecule has 0 aromatic heterocycles. The van der Waals surface area contributed by atoms with Gasteiger partial charge in [0.15, 0.2) is 0 Å². The van der Waals surface area contributed by atoms with Crippen LogP contribution < -0.4 is 11.1 Å². The van der Waals surface area contributed by atoms with E-state index < -0.39 is 0 Å². The third-order valence-electron chi connectivity index (χ3n) is 3.18. The van der Waals surface area contributed by atoms with Crippen molar-refractivity contribution >= 4 is 11.6 Å². The van der Waals surface area contributed by atoms with E-state index in [-0.39, 0.29) is 11.9 Å². The first-order valence-electron chi connectivity index (χ1n) is 7.11. The van der Waals surface area contributed by atoms with E-state index in [1.165, 1.54) is 0 Å². The van der Waals surface area contributed by atoms with Gasteiger partial charge >= 0.3 is 0 Å². The molecule has 4 nitrogen and oxygen atoms in total. The molecule has 1 aromatic rings. The number of hydrogen-bond donors (Lipinski definition) is 2. The normalized spacial score (nSPS) is 12.8. The molecule has 1 atom stereocenters. The molecular weight excluding hydrogens is 250 g/mol. The largest absolute Gasteiger partial charge is 0.399 e. The van der Waals surface area contributed by atoms with Gasteiger partial charge in [0.25, 0.3) is 5.91 Å². The maximum absolute atomic E-state index is 12.4. The summed E-state index contributed by atoms with van der Waals surface area (Å²) in [5, 5.41) is 3.13. The maximum Gasteiger partial charge on any atom is 0.251 e. The molecule has 0 heterocycles. The van der Waals surface area contributed by atoms with Crippen LogP contribution in [-0.2, 0) is 0 Å². The minimum Gasteiger partial charge on any atom is -0.399 e. The molecule has 1 amide bonds. The van der Waals surface area contributed by atoms with E-state index in [4.69, 9.17) is 5.73 Å². The fraction of sp³-hybridized carbons (Fsp3) is 0.562. The second-order valence-electron chi connectivity index (χ2n) is 6.14. The first-order valence-corrected chi connectivity index (χ1v) is 7.11. The van der Waals surface area contributed by atoms with Crippen molar-refractivity contribution in [1.29, 1.82) is 0 Å². The molecule has 0 fully saturated rings. The summed E-state index contributed by atoms with van der Waals surface area (Å²) < 4.78 is 0. The minimum atomic E-state index is -0.0395. The molecular formula is C16H27N3O. The number of amides is 1. The van der Waals surface area contributed by atoms with Crippen LogP contribution in [0.2, 0.25) is 0 Å². The highest BCUT2D eigenvalue weighted by atomic mass is 16.1. The third kappa shape index (κ3) is 5.21. The van der Waals surface area contributed by atoms with E-state index in [0.717, 1.165) is 18.5 Å². The van der Waals surface area contributed by atoms with E-state index in [1.807, 2.05) is 33.2 Å². The Hall–Kier alpha value is -1.55. The number of hydrogen-bond acceptors (Lipinski definition) is 3. The molecule has 20 heavy (non-hydrogen) atoms. The minimum absolute atomic E-state index is 0.0395. The number of nitrogens with zero attached hydrogens (tertiary/aromatic N) is 1. The number of aryl methyl sites for hydroxylation is 1. The third-order valence-corrected chi connectivity index (χ3v) is 3.18. The van der Waals surface area contributed by atoms with Crippen molar-refractivity contribution in [2.75, 3.05) is 26.4 Å². The van der Waals surface area contributed by atoms with Gasteiger partial charge in [-0.1, -0.05) is 19.9 Å². The Morgan fingerprint density at radius 2 is 2.00 bits per heavy atom. The Morgan fingerprint density at radius 1 is 1.35 bits per heavy atom. The van der Waals surface area contributed by atoms with Crippen molar-refractivity contribution < 1.29 is 4.79 Å². The number of nitrogens with one attached hydrogen (secondary N) is 1. The van der Waals surface area contributed by atoms with Crippen LogP contribution in [0, 0.1) is 12.8 Å². The van der Waals surface area contributed by atoms with Gasteiger partial charge < -0.3 is 16.0 Å². The molecule has 0 saturated carbocycles. The molecule has 0 radical (unpaired) electrons. The van der Waals surface area contributed by atoms with Crippen molar-refractivity contribution in [3.8, 4) is 0 Å². The molecule has 4 heteroatoms. The summed E-state index contributed by atoms with van der Waals surface area (Å²) >= 11 is 0. The highest BCUT2D eigenvalue weighted by Crippen LogP contribution is 2.14. The predicted octanol–water partition coefficient (Wildman–Crippen LogP) is 2.28. The molecule has 3 N–H and O–H groups in total. The molecule has 1 aromatic carbocycles. The van der Waals surface area contributed by atoms with Gasteiger partial charge in [-0.15, -0.1) is 0 Å². The number of rotatable bonds is 6. The Labute approximate surface area is 122 Å². The lowest BCUT2D eigenvalue weighted by molar-refractivity contribution is 0.0924. The topological polar surface area (TPSA) is 58.4 Å². The van der Waals surface area contributed by atoms with E-state index in [0.29, 0.717) is 17.2 Å². The average molecular weight is 277 g/mol. The summed E-state index contributed by atoms with van der Waals surface area (Å²) in [5.74, 6) is 0.504. The van der Waals surface area contributed by atoms with E-state index in [2.05, 4.69) is 24.1 Å². The van der Waals surface area contributed by atoms with E-state index >= 15 is 0 Å². The summed E-state index contributed by atoms with van der Waals surface area (Å²) in [6, 6.07) is 5.59. The van der Waals surface area contributed by atoms with Crippen LogP contribution in [0.25, 0.3) is 0 Å². The van der Waals surface area contributed by atoms with Crippen LogP contribution in [-0.4, -0.2) is 37.5 Å². The second kappa shape index (κ2) is 7.29. The van der Waals surface area contributed by atoms with Crippen LogP contribution in [0.4, 0.5) is 5.69 Å². The highest BCUT2D eigenvalue weighted by molar-refractivity contribution is 5.96. The Kier molecular flexibility index (Phi) is 6.02. The summed E-state index contributed by atoms with van der Waals surface area (Å²) in [7, 11) is 4.04. The molecule has 0 aliphatic heterocycles. The van der Waals surface area contributed by atoms with Gasteiger partial charge in [0.1, 0.15) is 0 Å². The van der Waals surface area contributed by atoms with Crippen molar-refractivity contribution in [1.82, 2.24) is 10.2 Å². The number of likely N-dealkylation sites (N-methyl/N-ethyl adjacent to an activating group) is 1. The Balaban J connectivity index is 2.81. The summed E-state index contributed by atoms with van der Waals surface area (Å²) in [4.78, 5) is 14.5. The lowest BCUT2D eigenvalue weighted by Gasteiger charge is -2.24. The number of carbonyl (C=O) groups excluding carboxylic acids is 1. The van der Waals surface area contributed by atoms with E-state index in [1.54, 1.807) is 6.07 Å². The van der Waals surface area contributed by atoms with Gasteiger partial charge in [-0.2, -0.15) is 0 Å². The van der Waals surface area contributed by atoms with Gasteiger partial charge in [-0.25, -0.2) is 0 Å². The lowest BCUT2D eigenvalue weighted by atomic mass is 10.0. The smallest absolute Gasteiger partial charge is 0.251 e. The Morgan fingerprint density at radius 3 is 2.55 bits per heavy atom. The van der Waals surface area contributed by atoms with Crippen molar-refractivity contribution in [2.24, 2.45) is 5.92 Å². The number of carbonyl (C=O) groups is 1. The van der Waals surface area contributed by atoms with Gasteiger partial charge in [-0.3, -0.25) is 4.79 Å². The van der Waals surface area contributed by atoms with Gasteiger partial charge in [-0.05, 0) is 51.1 Å². The number of nitrogens with two attached hydrogens (primary N) is 1. The lowest BCUT2D eigenvalue weighted by Crippen LogP contribution is -2.42. The molecule has 1 unspecified atom stereocenters. The zero-order chi connectivity index (χ0) is 15.3. The monoisotopic (exact) mass is 277 g/mol. The average Bonchev–Trinajstić information content (AvgIpc) is 2.30. The van der Waals surface area contributed by atoms with Crippen LogP contribution in [0.15, 0.2) is 18.2 Å². The van der Waals surface area contributed by atoms with Gasteiger partial charge in [0, 0.05) is 23.8 Å². The molecule has 0 aliphatic carbocycles. The Bertz CT molecular complexity index is 445. The molecule has 0 spiro atoms. The first kappa shape index (κ1) is 16.5.